The van der Waals surface area contributed by atoms with Crippen molar-refractivity contribution in [2.75, 3.05) is 0 Å². The van der Waals surface area contributed by atoms with Crippen LogP contribution in [0.15, 0.2) is 202 Å². The minimum absolute atomic E-state index is 0.416. The van der Waals surface area contributed by atoms with Crippen molar-refractivity contribution < 1.29 is 4.42 Å². The van der Waals surface area contributed by atoms with Gasteiger partial charge in [-0.15, -0.1) is 0 Å². The molecule has 0 fully saturated rings. The van der Waals surface area contributed by atoms with E-state index < -0.39 is 5.41 Å². The molecule has 1 aliphatic heterocycles. The van der Waals surface area contributed by atoms with Crippen molar-refractivity contribution in [3.8, 4) is 56.4 Å². The summed E-state index contributed by atoms with van der Waals surface area (Å²) in [6.07, 6.45) is 0. The van der Waals surface area contributed by atoms with Crippen molar-refractivity contribution in [3.63, 3.8) is 0 Å². The Balaban J connectivity index is 0.992. The molecule has 4 nitrogen and oxygen atoms in total. The van der Waals surface area contributed by atoms with E-state index in [4.69, 9.17) is 19.4 Å². The van der Waals surface area contributed by atoms with Gasteiger partial charge in [0.2, 0.25) is 0 Å². The highest BCUT2D eigenvalue weighted by Crippen LogP contribution is 2.63. The maximum Gasteiger partial charge on any atom is 0.164 e. The summed E-state index contributed by atoms with van der Waals surface area (Å²) in [5.41, 5.74) is 14.3. The molecule has 0 saturated carbocycles. The minimum atomic E-state index is -0.416. The van der Waals surface area contributed by atoms with E-state index in [0.29, 0.717) is 17.5 Å². The van der Waals surface area contributed by atoms with Crippen molar-refractivity contribution >= 4 is 33.7 Å². The summed E-state index contributed by atoms with van der Waals surface area (Å²) in [6.45, 7) is 0. The van der Waals surface area contributed by atoms with Gasteiger partial charge in [0, 0.05) is 37.3 Å². The maximum absolute atomic E-state index is 6.25. The number of hydrogen-bond acceptors (Lipinski definition) is 5. The monoisotopic (exact) mass is 745 g/mol. The number of rotatable bonds is 4. The smallest absolute Gasteiger partial charge is 0.164 e. The zero-order valence-electron chi connectivity index (χ0n) is 30.6. The first-order valence-corrected chi connectivity index (χ1v) is 20.0. The van der Waals surface area contributed by atoms with E-state index in [-0.39, 0.29) is 0 Å². The summed E-state index contributed by atoms with van der Waals surface area (Å²) < 4.78 is 6.25. The first kappa shape index (κ1) is 32.2. The highest BCUT2D eigenvalue weighted by molar-refractivity contribution is 7.99. The van der Waals surface area contributed by atoms with E-state index in [9.17, 15) is 0 Å². The van der Waals surface area contributed by atoms with Crippen LogP contribution in [0.25, 0.3) is 78.4 Å². The average Bonchev–Trinajstić information content (AvgIpc) is 3.80. The zero-order valence-corrected chi connectivity index (χ0v) is 31.4. The van der Waals surface area contributed by atoms with Gasteiger partial charge < -0.3 is 4.42 Å². The number of nitrogens with zero attached hydrogens (tertiary/aromatic N) is 3. The minimum Gasteiger partial charge on any atom is -0.456 e. The molecule has 8 aromatic carbocycles. The SMILES string of the molecule is c1ccc(-c2nc(-c3ccc(-c4cccc5c4Sc4ccccc4C54c5ccccc5-c5ccccc54)cc3)nc(-c3ccc4c(c3)oc3ccccc34)n2)cc1. The molecule has 10 aromatic rings. The lowest BCUT2D eigenvalue weighted by molar-refractivity contribution is 0.669. The summed E-state index contributed by atoms with van der Waals surface area (Å²) in [5, 5.41) is 2.16. The van der Waals surface area contributed by atoms with Gasteiger partial charge in [0.1, 0.15) is 11.2 Å². The number of benzene rings is 8. The van der Waals surface area contributed by atoms with Crippen molar-refractivity contribution in [2.24, 2.45) is 0 Å². The largest absolute Gasteiger partial charge is 0.456 e. The Morgan fingerprint density at radius 3 is 1.65 bits per heavy atom. The number of aromatic nitrogens is 3. The van der Waals surface area contributed by atoms with Crippen LogP contribution in [-0.2, 0) is 5.41 Å². The van der Waals surface area contributed by atoms with E-state index in [0.717, 1.165) is 44.2 Å². The lowest BCUT2D eigenvalue weighted by Gasteiger charge is -2.40. The second-order valence-electron chi connectivity index (χ2n) is 14.7. The molecule has 57 heavy (non-hydrogen) atoms. The fraction of sp³-hybridized carbons (Fsp3) is 0.0192. The second-order valence-corrected chi connectivity index (χ2v) is 15.7. The Bertz CT molecular complexity index is 3180. The maximum atomic E-state index is 6.25. The molecule has 1 spiro atoms. The van der Waals surface area contributed by atoms with Gasteiger partial charge in [-0.3, -0.25) is 0 Å². The molecule has 0 atom stereocenters. The van der Waals surface area contributed by atoms with Gasteiger partial charge in [-0.05, 0) is 68.8 Å². The van der Waals surface area contributed by atoms with E-state index in [1.54, 1.807) is 0 Å². The van der Waals surface area contributed by atoms with Crippen molar-refractivity contribution in [1.29, 1.82) is 0 Å². The Kier molecular flexibility index (Phi) is 7.04. The quantitative estimate of drug-likeness (QED) is 0.180. The number of furan rings is 1. The fourth-order valence-corrected chi connectivity index (χ4v) is 10.4. The van der Waals surface area contributed by atoms with Crippen LogP contribution in [0.3, 0.4) is 0 Å². The van der Waals surface area contributed by atoms with Crippen LogP contribution in [0.2, 0.25) is 0 Å². The second kappa shape index (κ2) is 12.5. The zero-order chi connectivity index (χ0) is 37.5. The standard InChI is InChI=1S/C52H31N3OS/c1-2-13-33(14-3-1)49-53-50(55-51(54-49)35-29-30-40-39-17-6-10-23-45(39)56-46(40)31-35)34-27-25-32(26-28-34)36-18-12-22-44-48(36)57-47-24-11-9-21-43(47)52(44)41-19-7-4-15-37(41)38-16-5-8-20-42(38)52/h1-31H. The molecule has 266 valence electrons. The molecule has 0 N–H and O–H groups in total. The van der Waals surface area contributed by atoms with Crippen LogP contribution >= 0.6 is 11.8 Å². The normalized spacial score (nSPS) is 13.3. The van der Waals surface area contributed by atoms with Crippen molar-refractivity contribution in [1.82, 2.24) is 15.0 Å². The van der Waals surface area contributed by atoms with Gasteiger partial charge in [0.05, 0.1) is 5.41 Å². The highest BCUT2D eigenvalue weighted by atomic mass is 32.2. The molecule has 2 aromatic heterocycles. The summed E-state index contributed by atoms with van der Waals surface area (Å²) in [7, 11) is 0. The molecule has 1 aliphatic carbocycles. The van der Waals surface area contributed by atoms with E-state index in [1.165, 1.54) is 48.7 Å². The predicted molar refractivity (Wildman–Crippen MR) is 230 cm³/mol. The average molecular weight is 746 g/mol. The van der Waals surface area contributed by atoms with E-state index >= 15 is 0 Å². The Labute approximate surface area is 333 Å². The number of fused-ring (bicyclic) bond motifs is 12. The summed E-state index contributed by atoms with van der Waals surface area (Å²) in [5.74, 6) is 1.84. The van der Waals surface area contributed by atoms with Gasteiger partial charge in [0.15, 0.2) is 17.5 Å². The molecule has 5 heteroatoms. The van der Waals surface area contributed by atoms with E-state index in [2.05, 4.69) is 133 Å². The van der Waals surface area contributed by atoms with Crippen molar-refractivity contribution in [2.45, 2.75) is 15.2 Å². The molecule has 12 rings (SSSR count). The van der Waals surface area contributed by atoms with Crippen LogP contribution in [-0.4, -0.2) is 15.0 Å². The lowest BCUT2D eigenvalue weighted by atomic mass is 9.67. The Hall–Kier alpha value is -7.08. The van der Waals surface area contributed by atoms with Gasteiger partial charge >= 0.3 is 0 Å². The van der Waals surface area contributed by atoms with Crippen LogP contribution in [0.5, 0.6) is 0 Å². The van der Waals surface area contributed by atoms with Crippen molar-refractivity contribution in [3.05, 3.63) is 210 Å². The molecule has 0 bridgehead atoms. The third-order valence-electron chi connectivity index (χ3n) is 11.6. The van der Waals surface area contributed by atoms with Crippen LogP contribution in [0, 0.1) is 0 Å². The topological polar surface area (TPSA) is 51.8 Å². The molecule has 0 amide bonds. The molecule has 3 heterocycles. The van der Waals surface area contributed by atoms with Crippen LogP contribution < -0.4 is 0 Å². The fourth-order valence-electron chi connectivity index (χ4n) is 9.12. The Morgan fingerprint density at radius 2 is 0.895 bits per heavy atom. The Morgan fingerprint density at radius 1 is 0.368 bits per heavy atom. The third kappa shape index (κ3) is 4.79. The molecule has 0 radical (unpaired) electrons. The predicted octanol–water partition coefficient (Wildman–Crippen LogP) is 13.3. The summed E-state index contributed by atoms with van der Waals surface area (Å²) >= 11 is 1.88. The third-order valence-corrected chi connectivity index (χ3v) is 12.9. The summed E-state index contributed by atoms with van der Waals surface area (Å²) in [6, 6.07) is 66.8. The molecule has 0 saturated heterocycles. The van der Waals surface area contributed by atoms with Crippen LogP contribution in [0.4, 0.5) is 0 Å². The molecular formula is C52H31N3OS. The van der Waals surface area contributed by atoms with E-state index in [1.807, 2.05) is 66.4 Å². The van der Waals surface area contributed by atoms with Gasteiger partial charge in [0.25, 0.3) is 0 Å². The number of hydrogen-bond donors (Lipinski definition) is 0. The van der Waals surface area contributed by atoms with Crippen LogP contribution in [0.1, 0.15) is 22.3 Å². The summed E-state index contributed by atoms with van der Waals surface area (Å²) in [4.78, 5) is 17.7. The lowest BCUT2D eigenvalue weighted by Crippen LogP contribution is -2.32. The number of para-hydroxylation sites is 1. The first-order valence-electron chi connectivity index (χ1n) is 19.2. The first-order chi connectivity index (χ1) is 28.2. The highest BCUT2D eigenvalue weighted by Gasteiger charge is 2.50. The molecule has 0 unspecified atom stereocenters. The van der Waals surface area contributed by atoms with Gasteiger partial charge in [-0.25, -0.2) is 15.0 Å². The molecular weight excluding hydrogens is 715 g/mol. The molecule has 2 aliphatic rings. The van der Waals surface area contributed by atoms with Gasteiger partial charge in [-0.1, -0.05) is 176 Å². The van der Waals surface area contributed by atoms with Gasteiger partial charge in [-0.2, -0.15) is 0 Å².